The van der Waals surface area contributed by atoms with Crippen molar-refractivity contribution in [3.63, 3.8) is 0 Å². The number of likely N-dealkylation sites (N-methyl/N-ethyl adjacent to an activating group) is 1. The minimum atomic E-state index is -0.472. The molecule has 2 aromatic carbocycles. The minimum Gasteiger partial charge on any atom is -0.461 e. The van der Waals surface area contributed by atoms with E-state index in [0.29, 0.717) is 17.7 Å². The number of esters is 1. The molecule has 0 N–H and O–H groups in total. The molecule has 25 heavy (non-hydrogen) atoms. The maximum Gasteiger partial charge on any atom is 0.338 e. The third-order valence-electron chi connectivity index (χ3n) is 3.49. The Morgan fingerprint density at radius 3 is 2.32 bits per heavy atom. The maximum atomic E-state index is 12.5. The number of rotatable bonds is 7. The Morgan fingerprint density at radius 1 is 1.12 bits per heavy atom. The van der Waals surface area contributed by atoms with Crippen LogP contribution < -0.4 is 0 Å². The van der Waals surface area contributed by atoms with Gasteiger partial charge in [-0.05, 0) is 43.4 Å². The van der Waals surface area contributed by atoms with E-state index in [1.54, 1.807) is 18.2 Å². The number of carbonyl (C=O) groups is 1. The monoisotopic (exact) mass is 340 g/mol. The fraction of sp³-hybridized carbons (Fsp3) is 0.211. The van der Waals surface area contributed by atoms with E-state index >= 15 is 0 Å². The van der Waals surface area contributed by atoms with Gasteiger partial charge in [-0.15, -0.1) is 0 Å². The Hall–Kier alpha value is -2.99. The number of carbonyl (C=O) groups excluding carboxylic acids is 1. The summed E-state index contributed by atoms with van der Waals surface area (Å²) >= 11 is 0. The zero-order chi connectivity index (χ0) is 18.2. The van der Waals surface area contributed by atoms with Crippen molar-refractivity contribution in [1.82, 2.24) is 4.90 Å². The zero-order valence-electron chi connectivity index (χ0n) is 14.2. The highest BCUT2D eigenvalue weighted by atomic mass is 16.6. The highest BCUT2D eigenvalue weighted by Gasteiger charge is 2.15. The highest BCUT2D eigenvalue weighted by Crippen LogP contribution is 2.22. The summed E-state index contributed by atoms with van der Waals surface area (Å²) in [6.07, 6.45) is 1.72. The van der Waals surface area contributed by atoms with Crippen molar-refractivity contribution in [2.24, 2.45) is 0 Å². The average molecular weight is 340 g/mol. The maximum absolute atomic E-state index is 12.5. The third-order valence-corrected chi connectivity index (χ3v) is 3.49. The molecule has 2 rings (SSSR count). The van der Waals surface area contributed by atoms with Crippen molar-refractivity contribution in [1.29, 1.82) is 0 Å². The molecule has 0 saturated carbocycles. The van der Waals surface area contributed by atoms with Crippen LogP contribution in [0, 0.1) is 10.1 Å². The van der Waals surface area contributed by atoms with Gasteiger partial charge in [0.2, 0.25) is 0 Å². The first-order chi connectivity index (χ1) is 12.0. The lowest BCUT2D eigenvalue weighted by Gasteiger charge is -2.12. The van der Waals surface area contributed by atoms with Crippen molar-refractivity contribution in [3.05, 3.63) is 75.8 Å². The van der Waals surface area contributed by atoms with Crippen LogP contribution in [-0.4, -0.2) is 43.0 Å². The molecule has 0 saturated heterocycles. The molecular weight excluding hydrogens is 320 g/mol. The van der Waals surface area contributed by atoms with E-state index < -0.39 is 10.9 Å². The number of nitrogens with zero attached hydrogens (tertiary/aromatic N) is 2. The van der Waals surface area contributed by atoms with E-state index in [-0.39, 0.29) is 12.3 Å². The number of nitro groups is 1. The molecule has 2 aromatic rings. The molecule has 130 valence electrons. The van der Waals surface area contributed by atoms with E-state index in [9.17, 15) is 14.9 Å². The number of ether oxygens (including phenoxy) is 1. The molecule has 0 spiro atoms. The third kappa shape index (κ3) is 5.54. The number of hydrogen-bond donors (Lipinski definition) is 0. The Bertz CT molecular complexity index is 753. The molecular formula is C19H20N2O4. The van der Waals surface area contributed by atoms with Gasteiger partial charge >= 0.3 is 5.97 Å². The first kappa shape index (κ1) is 18.4. The average Bonchev–Trinajstić information content (AvgIpc) is 2.60. The fourth-order valence-electron chi connectivity index (χ4n) is 2.14. The Balaban J connectivity index is 2.30. The molecule has 6 nitrogen and oxygen atoms in total. The summed E-state index contributed by atoms with van der Waals surface area (Å²) in [5.74, 6) is -0.459. The van der Waals surface area contributed by atoms with Crippen LogP contribution in [0.3, 0.4) is 0 Å². The topological polar surface area (TPSA) is 72.7 Å². The predicted octanol–water partition coefficient (Wildman–Crippen LogP) is 3.24. The van der Waals surface area contributed by atoms with Gasteiger partial charge in [-0.3, -0.25) is 10.1 Å². The Kier molecular flexibility index (Phi) is 6.42. The van der Waals surface area contributed by atoms with Crippen molar-refractivity contribution in [3.8, 4) is 0 Å². The van der Waals surface area contributed by atoms with Crippen molar-refractivity contribution >= 4 is 23.3 Å². The molecule has 0 bridgehead atoms. The molecule has 6 heteroatoms. The number of hydrogen-bond acceptors (Lipinski definition) is 5. The first-order valence-electron chi connectivity index (χ1n) is 7.81. The van der Waals surface area contributed by atoms with Gasteiger partial charge < -0.3 is 9.64 Å². The predicted molar refractivity (Wildman–Crippen MR) is 96.9 cm³/mol. The molecule has 0 heterocycles. The summed E-state index contributed by atoms with van der Waals surface area (Å²) in [6, 6.07) is 15.2. The molecule has 0 fully saturated rings. The van der Waals surface area contributed by atoms with Crippen molar-refractivity contribution in [2.75, 3.05) is 27.2 Å². The minimum absolute atomic E-state index is 0.0243. The summed E-state index contributed by atoms with van der Waals surface area (Å²) in [5, 5.41) is 10.8. The van der Waals surface area contributed by atoms with Crippen LogP contribution in [-0.2, 0) is 9.53 Å². The lowest BCUT2D eigenvalue weighted by Crippen LogP contribution is -2.20. The molecule has 0 atom stereocenters. The van der Waals surface area contributed by atoms with Crippen LogP contribution in [0.4, 0.5) is 5.69 Å². The van der Waals surface area contributed by atoms with Crippen molar-refractivity contribution in [2.45, 2.75) is 0 Å². The van der Waals surface area contributed by atoms with E-state index in [1.165, 1.54) is 12.1 Å². The van der Waals surface area contributed by atoms with E-state index in [1.807, 2.05) is 49.3 Å². The molecule has 0 amide bonds. The van der Waals surface area contributed by atoms with E-state index in [0.717, 1.165) is 5.56 Å². The van der Waals surface area contributed by atoms with Crippen LogP contribution in [0.1, 0.15) is 11.1 Å². The largest absolute Gasteiger partial charge is 0.461 e. The number of benzene rings is 2. The van der Waals surface area contributed by atoms with Gasteiger partial charge in [0, 0.05) is 18.7 Å². The van der Waals surface area contributed by atoms with Gasteiger partial charge in [0.15, 0.2) is 0 Å². The van der Waals surface area contributed by atoms with Crippen LogP contribution >= 0.6 is 0 Å². The van der Waals surface area contributed by atoms with Gasteiger partial charge in [0.1, 0.15) is 6.61 Å². The fourth-order valence-corrected chi connectivity index (χ4v) is 2.14. The van der Waals surface area contributed by atoms with E-state index in [2.05, 4.69) is 0 Å². The van der Waals surface area contributed by atoms with Gasteiger partial charge in [0.05, 0.1) is 10.5 Å². The Labute approximate surface area is 146 Å². The molecule has 0 radical (unpaired) electrons. The summed E-state index contributed by atoms with van der Waals surface area (Å²) in [7, 11) is 3.79. The quantitative estimate of drug-likeness (QED) is 0.254. The van der Waals surface area contributed by atoms with Crippen LogP contribution in [0.2, 0.25) is 0 Å². The second-order valence-electron chi connectivity index (χ2n) is 5.71. The second kappa shape index (κ2) is 8.75. The Morgan fingerprint density at radius 2 is 1.76 bits per heavy atom. The first-order valence-corrected chi connectivity index (χ1v) is 7.81. The van der Waals surface area contributed by atoms with Crippen molar-refractivity contribution < 1.29 is 14.5 Å². The van der Waals surface area contributed by atoms with Gasteiger partial charge in [-0.1, -0.05) is 30.3 Å². The molecule has 0 aliphatic rings. The standard InChI is InChI=1S/C19H20N2O4/c1-20(2)12-13-25-19(22)18(14-15-6-4-3-5-7-15)16-8-10-17(11-9-16)21(23)24/h3-11,14H,12-13H2,1-2H3/b18-14-. The van der Waals surface area contributed by atoms with Crippen LogP contribution in [0.15, 0.2) is 54.6 Å². The number of nitro benzene ring substituents is 1. The number of non-ortho nitro benzene ring substituents is 1. The summed E-state index contributed by atoms with van der Waals surface area (Å²) < 4.78 is 5.34. The summed E-state index contributed by atoms with van der Waals surface area (Å²) in [4.78, 5) is 24.8. The molecule has 0 aliphatic heterocycles. The lowest BCUT2D eigenvalue weighted by atomic mass is 10.0. The smallest absolute Gasteiger partial charge is 0.338 e. The van der Waals surface area contributed by atoms with Crippen LogP contribution in [0.5, 0.6) is 0 Å². The van der Waals surface area contributed by atoms with E-state index in [4.69, 9.17) is 4.74 Å². The van der Waals surface area contributed by atoms with Crippen LogP contribution in [0.25, 0.3) is 11.6 Å². The SMILES string of the molecule is CN(C)CCOC(=O)/C(=C\c1ccccc1)c1ccc([N+](=O)[O-])cc1. The van der Waals surface area contributed by atoms with Gasteiger partial charge in [-0.25, -0.2) is 4.79 Å². The molecule has 0 aromatic heterocycles. The second-order valence-corrected chi connectivity index (χ2v) is 5.71. The molecule has 0 unspecified atom stereocenters. The zero-order valence-corrected chi connectivity index (χ0v) is 14.2. The highest BCUT2D eigenvalue weighted by molar-refractivity contribution is 6.21. The molecule has 0 aliphatic carbocycles. The summed E-state index contributed by atoms with van der Waals surface area (Å²) in [6.45, 7) is 0.884. The normalized spacial score (nSPS) is 11.4. The van der Waals surface area contributed by atoms with Gasteiger partial charge in [-0.2, -0.15) is 0 Å². The lowest BCUT2D eigenvalue weighted by molar-refractivity contribution is -0.384. The summed E-state index contributed by atoms with van der Waals surface area (Å²) in [5.41, 5.74) is 1.76. The van der Waals surface area contributed by atoms with Gasteiger partial charge in [0.25, 0.3) is 5.69 Å².